The average molecular weight is 329 g/mol. The number of nitrogens with one attached hydrogen (secondary N) is 1. The summed E-state index contributed by atoms with van der Waals surface area (Å²) < 4.78 is 5.00. The monoisotopic (exact) mass is 329 g/mol. The number of carbonyl (C=O) groups is 1. The van der Waals surface area contributed by atoms with Gasteiger partial charge in [-0.3, -0.25) is 0 Å². The zero-order valence-electron chi connectivity index (χ0n) is 13.8. The fraction of sp³-hybridized carbons (Fsp3) is 0.444. The minimum Gasteiger partial charge on any atom is -0.388 e. The highest BCUT2D eigenvalue weighted by Crippen LogP contribution is 2.27. The second kappa shape index (κ2) is 7.49. The summed E-state index contributed by atoms with van der Waals surface area (Å²) in [6.45, 7) is 2.89. The molecule has 2 aromatic rings. The molecule has 128 valence electrons. The summed E-state index contributed by atoms with van der Waals surface area (Å²) in [5.41, 5.74) is 1.60. The third kappa shape index (κ3) is 3.94. The Labute approximate surface area is 141 Å². The largest absolute Gasteiger partial charge is 0.388 e. The van der Waals surface area contributed by atoms with Gasteiger partial charge in [0.25, 0.3) is 0 Å². The van der Waals surface area contributed by atoms with E-state index < -0.39 is 6.10 Å². The maximum Gasteiger partial charge on any atom is 0.317 e. The molecule has 2 heterocycles. The van der Waals surface area contributed by atoms with Crippen molar-refractivity contribution in [3.63, 3.8) is 0 Å². The average Bonchev–Trinajstić information content (AvgIpc) is 3.22. The fourth-order valence-electron chi connectivity index (χ4n) is 3.19. The van der Waals surface area contributed by atoms with Crippen molar-refractivity contribution in [1.82, 2.24) is 15.4 Å². The van der Waals surface area contributed by atoms with Gasteiger partial charge in [-0.2, -0.15) is 0 Å². The first kappa shape index (κ1) is 16.5. The van der Waals surface area contributed by atoms with E-state index in [-0.39, 0.29) is 12.1 Å². The van der Waals surface area contributed by atoms with E-state index >= 15 is 0 Å². The Balaban J connectivity index is 1.55. The Morgan fingerprint density at radius 2 is 2.25 bits per heavy atom. The molecule has 2 N–H and O–H groups in total. The molecule has 2 atom stereocenters. The standard InChI is InChI=1S/C18H23N3O3/c1-13-10-15(20-24-13)12-19-18(23)21-9-5-8-16(21)11-17(22)14-6-3-2-4-7-14/h2-4,6-7,10,16-17,22H,5,8-9,11-12H2,1H3,(H,19,23). The van der Waals surface area contributed by atoms with Gasteiger partial charge in [0, 0.05) is 18.7 Å². The number of aliphatic hydroxyl groups is 1. The predicted molar refractivity (Wildman–Crippen MR) is 89.2 cm³/mol. The molecule has 3 rings (SSSR count). The molecule has 24 heavy (non-hydrogen) atoms. The van der Waals surface area contributed by atoms with Crippen molar-refractivity contribution < 1.29 is 14.4 Å². The number of benzene rings is 1. The third-order valence-corrected chi connectivity index (χ3v) is 4.42. The zero-order chi connectivity index (χ0) is 16.9. The fourth-order valence-corrected chi connectivity index (χ4v) is 3.19. The smallest absolute Gasteiger partial charge is 0.317 e. The van der Waals surface area contributed by atoms with E-state index in [1.165, 1.54) is 0 Å². The van der Waals surface area contributed by atoms with Crippen LogP contribution in [0.3, 0.4) is 0 Å². The Hall–Kier alpha value is -2.34. The molecule has 1 aliphatic heterocycles. The number of hydrogen-bond acceptors (Lipinski definition) is 4. The van der Waals surface area contributed by atoms with Crippen LogP contribution in [-0.2, 0) is 6.54 Å². The summed E-state index contributed by atoms with van der Waals surface area (Å²) in [5, 5.41) is 17.2. The lowest BCUT2D eigenvalue weighted by Crippen LogP contribution is -2.43. The predicted octanol–water partition coefficient (Wildman–Crippen LogP) is 2.78. The number of aliphatic hydroxyl groups excluding tert-OH is 1. The van der Waals surface area contributed by atoms with Gasteiger partial charge >= 0.3 is 6.03 Å². The molecule has 1 saturated heterocycles. The first-order valence-corrected chi connectivity index (χ1v) is 8.33. The second-order valence-electron chi connectivity index (χ2n) is 6.24. The van der Waals surface area contributed by atoms with Gasteiger partial charge in [0.2, 0.25) is 0 Å². The molecule has 0 aliphatic carbocycles. The van der Waals surface area contributed by atoms with Crippen molar-refractivity contribution in [3.05, 3.63) is 53.4 Å². The van der Waals surface area contributed by atoms with Crippen LogP contribution in [0.1, 0.15) is 42.4 Å². The molecule has 0 spiro atoms. The minimum absolute atomic E-state index is 0.0549. The van der Waals surface area contributed by atoms with Gasteiger partial charge in [-0.05, 0) is 31.7 Å². The van der Waals surface area contributed by atoms with Crippen molar-refractivity contribution in [2.24, 2.45) is 0 Å². The Morgan fingerprint density at radius 3 is 2.96 bits per heavy atom. The van der Waals surface area contributed by atoms with E-state index in [0.29, 0.717) is 18.7 Å². The van der Waals surface area contributed by atoms with Crippen LogP contribution in [0.4, 0.5) is 4.79 Å². The molecule has 0 bridgehead atoms. The summed E-state index contributed by atoms with van der Waals surface area (Å²) in [6, 6.07) is 11.3. The number of likely N-dealkylation sites (tertiary alicyclic amines) is 1. The molecule has 2 unspecified atom stereocenters. The third-order valence-electron chi connectivity index (χ3n) is 4.42. The van der Waals surface area contributed by atoms with E-state index in [1.54, 1.807) is 6.07 Å². The van der Waals surface area contributed by atoms with Crippen LogP contribution >= 0.6 is 0 Å². The highest BCUT2D eigenvalue weighted by atomic mass is 16.5. The molecule has 6 heteroatoms. The van der Waals surface area contributed by atoms with E-state index in [2.05, 4.69) is 10.5 Å². The molecule has 1 aliphatic rings. The van der Waals surface area contributed by atoms with E-state index in [1.807, 2.05) is 42.2 Å². The molecule has 0 saturated carbocycles. The first-order valence-electron chi connectivity index (χ1n) is 8.33. The molecular formula is C18H23N3O3. The first-order chi connectivity index (χ1) is 11.6. The number of urea groups is 1. The Morgan fingerprint density at radius 1 is 1.46 bits per heavy atom. The van der Waals surface area contributed by atoms with E-state index in [0.717, 1.165) is 30.7 Å². The van der Waals surface area contributed by atoms with Gasteiger partial charge in [0.1, 0.15) is 11.5 Å². The highest BCUT2D eigenvalue weighted by molar-refractivity contribution is 5.74. The van der Waals surface area contributed by atoms with Crippen LogP contribution < -0.4 is 5.32 Å². The number of aryl methyl sites for hydroxylation is 1. The van der Waals surface area contributed by atoms with Gasteiger partial charge in [-0.15, -0.1) is 0 Å². The molecule has 6 nitrogen and oxygen atoms in total. The number of carbonyl (C=O) groups excluding carboxylic acids is 1. The number of nitrogens with zero attached hydrogens (tertiary/aromatic N) is 2. The lowest BCUT2D eigenvalue weighted by Gasteiger charge is -2.26. The van der Waals surface area contributed by atoms with Crippen molar-refractivity contribution in [1.29, 1.82) is 0 Å². The maximum atomic E-state index is 12.4. The van der Waals surface area contributed by atoms with Crippen molar-refractivity contribution in [3.8, 4) is 0 Å². The topological polar surface area (TPSA) is 78.6 Å². The quantitative estimate of drug-likeness (QED) is 0.884. The molecule has 2 amide bonds. The summed E-state index contributed by atoms with van der Waals surface area (Å²) in [4.78, 5) is 14.2. The lowest BCUT2D eigenvalue weighted by atomic mass is 10.0. The normalized spacial score (nSPS) is 18.6. The van der Waals surface area contributed by atoms with Crippen LogP contribution in [0.15, 0.2) is 40.9 Å². The second-order valence-corrected chi connectivity index (χ2v) is 6.24. The van der Waals surface area contributed by atoms with Gasteiger partial charge in [0.05, 0.1) is 12.6 Å². The van der Waals surface area contributed by atoms with Gasteiger partial charge in [-0.25, -0.2) is 4.79 Å². The lowest BCUT2D eigenvalue weighted by molar-refractivity contribution is 0.126. The highest BCUT2D eigenvalue weighted by Gasteiger charge is 2.30. The van der Waals surface area contributed by atoms with Crippen molar-refractivity contribution in [2.45, 2.75) is 44.9 Å². The Kier molecular flexibility index (Phi) is 5.15. The number of hydrogen-bond donors (Lipinski definition) is 2. The van der Waals surface area contributed by atoms with Crippen molar-refractivity contribution >= 4 is 6.03 Å². The summed E-state index contributed by atoms with van der Waals surface area (Å²) in [6.07, 6.45) is 1.88. The van der Waals surface area contributed by atoms with E-state index in [9.17, 15) is 9.90 Å². The number of amides is 2. The van der Waals surface area contributed by atoms with Crippen LogP contribution in [0, 0.1) is 6.92 Å². The maximum absolute atomic E-state index is 12.4. The zero-order valence-corrected chi connectivity index (χ0v) is 13.8. The van der Waals surface area contributed by atoms with Gasteiger partial charge in [0.15, 0.2) is 0 Å². The molecule has 1 aromatic heterocycles. The number of aromatic nitrogens is 1. The molecule has 1 fully saturated rings. The number of rotatable bonds is 5. The van der Waals surface area contributed by atoms with E-state index in [4.69, 9.17) is 4.52 Å². The summed E-state index contributed by atoms with van der Waals surface area (Å²) in [7, 11) is 0. The molecular weight excluding hydrogens is 306 g/mol. The molecule has 0 radical (unpaired) electrons. The minimum atomic E-state index is -0.553. The van der Waals surface area contributed by atoms with Crippen LogP contribution in [0.25, 0.3) is 0 Å². The van der Waals surface area contributed by atoms with Gasteiger partial charge < -0.3 is 19.8 Å². The van der Waals surface area contributed by atoms with Crippen LogP contribution in [0.2, 0.25) is 0 Å². The van der Waals surface area contributed by atoms with Crippen LogP contribution in [-0.4, -0.2) is 33.8 Å². The summed E-state index contributed by atoms with van der Waals surface area (Å²) in [5.74, 6) is 0.726. The van der Waals surface area contributed by atoms with Gasteiger partial charge in [-0.1, -0.05) is 35.5 Å². The Bertz CT molecular complexity index is 671. The SMILES string of the molecule is Cc1cc(CNC(=O)N2CCCC2CC(O)c2ccccc2)no1. The summed E-state index contributed by atoms with van der Waals surface area (Å²) >= 11 is 0. The van der Waals surface area contributed by atoms with Crippen molar-refractivity contribution in [2.75, 3.05) is 6.54 Å². The van der Waals surface area contributed by atoms with Crippen LogP contribution in [0.5, 0.6) is 0 Å². The molecule has 1 aromatic carbocycles.